The molecule has 0 aliphatic carbocycles. The molecule has 22 heavy (non-hydrogen) atoms. The Bertz CT molecular complexity index is 645. The van der Waals surface area contributed by atoms with Crippen molar-refractivity contribution in [2.45, 2.75) is 25.4 Å². The van der Waals surface area contributed by atoms with E-state index in [4.69, 9.17) is 4.74 Å². The summed E-state index contributed by atoms with van der Waals surface area (Å²) < 4.78 is 30.0. The van der Waals surface area contributed by atoms with Gasteiger partial charge in [-0.3, -0.25) is 4.79 Å². The minimum atomic E-state index is -3.35. The van der Waals surface area contributed by atoms with E-state index in [1.54, 1.807) is 19.1 Å². The molecule has 1 aliphatic rings. The van der Waals surface area contributed by atoms with Crippen LogP contribution >= 0.6 is 0 Å². The van der Waals surface area contributed by atoms with Crippen molar-refractivity contribution in [2.24, 2.45) is 0 Å². The molecule has 1 atom stereocenters. The SMILES string of the molecule is COc1cccc(CN(C)C(=O)[C@H]2CCCN2S(C)(=O)=O)c1. The fourth-order valence-electron chi connectivity index (χ4n) is 2.76. The molecule has 0 radical (unpaired) electrons. The standard InChI is InChI=1S/C15H22N2O4S/c1-16(11-12-6-4-7-13(10-12)21-2)15(18)14-8-5-9-17(14)22(3,19)20/h4,6-7,10,14H,5,8-9,11H2,1-3H3/t14-/m1/s1. The highest BCUT2D eigenvalue weighted by molar-refractivity contribution is 7.88. The Labute approximate surface area is 131 Å². The summed E-state index contributed by atoms with van der Waals surface area (Å²) >= 11 is 0. The molecule has 0 spiro atoms. The number of likely N-dealkylation sites (N-methyl/N-ethyl adjacent to an activating group) is 1. The van der Waals surface area contributed by atoms with Crippen LogP contribution in [0, 0.1) is 0 Å². The van der Waals surface area contributed by atoms with Gasteiger partial charge in [-0.15, -0.1) is 0 Å². The van der Waals surface area contributed by atoms with Gasteiger partial charge >= 0.3 is 0 Å². The van der Waals surface area contributed by atoms with Crippen LogP contribution in [0.1, 0.15) is 18.4 Å². The Balaban J connectivity index is 2.08. The minimum Gasteiger partial charge on any atom is -0.497 e. The molecule has 1 saturated heterocycles. The van der Waals surface area contributed by atoms with Gasteiger partial charge in [0.2, 0.25) is 15.9 Å². The van der Waals surface area contributed by atoms with Crippen molar-refractivity contribution < 1.29 is 17.9 Å². The molecule has 0 unspecified atom stereocenters. The molecule has 2 rings (SSSR count). The van der Waals surface area contributed by atoms with Gasteiger partial charge in [0, 0.05) is 20.1 Å². The van der Waals surface area contributed by atoms with E-state index in [1.807, 2.05) is 24.3 Å². The predicted molar refractivity (Wildman–Crippen MR) is 84.0 cm³/mol. The van der Waals surface area contributed by atoms with Crippen molar-refractivity contribution in [3.63, 3.8) is 0 Å². The quantitative estimate of drug-likeness (QED) is 0.812. The molecule has 7 heteroatoms. The maximum absolute atomic E-state index is 12.5. The van der Waals surface area contributed by atoms with Gasteiger partial charge in [0.1, 0.15) is 11.8 Å². The van der Waals surface area contributed by atoms with Gasteiger partial charge < -0.3 is 9.64 Å². The third-order valence-electron chi connectivity index (χ3n) is 3.84. The monoisotopic (exact) mass is 326 g/mol. The van der Waals surface area contributed by atoms with E-state index in [2.05, 4.69) is 0 Å². The van der Waals surface area contributed by atoms with E-state index in [1.165, 1.54) is 4.31 Å². The van der Waals surface area contributed by atoms with Gasteiger partial charge in [-0.05, 0) is 30.5 Å². The van der Waals surface area contributed by atoms with E-state index in [0.717, 1.165) is 24.0 Å². The highest BCUT2D eigenvalue weighted by Crippen LogP contribution is 2.23. The van der Waals surface area contributed by atoms with Crippen LogP contribution in [0.5, 0.6) is 5.75 Å². The largest absolute Gasteiger partial charge is 0.497 e. The Hall–Kier alpha value is -1.60. The zero-order valence-electron chi connectivity index (χ0n) is 13.2. The molecule has 0 saturated carbocycles. The number of ether oxygens (including phenoxy) is 1. The molecule has 0 bridgehead atoms. The number of hydrogen-bond acceptors (Lipinski definition) is 4. The van der Waals surface area contributed by atoms with E-state index >= 15 is 0 Å². The van der Waals surface area contributed by atoms with Gasteiger partial charge in [-0.2, -0.15) is 4.31 Å². The van der Waals surface area contributed by atoms with Crippen LogP contribution in [0.3, 0.4) is 0 Å². The molecular weight excluding hydrogens is 304 g/mol. The second-order valence-electron chi connectivity index (χ2n) is 5.58. The zero-order valence-corrected chi connectivity index (χ0v) is 14.0. The van der Waals surface area contributed by atoms with E-state index in [9.17, 15) is 13.2 Å². The lowest BCUT2D eigenvalue weighted by Crippen LogP contribution is -2.45. The van der Waals surface area contributed by atoms with Crippen molar-refractivity contribution >= 4 is 15.9 Å². The minimum absolute atomic E-state index is 0.161. The average molecular weight is 326 g/mol. The van der Waals surface area contributed by atoms with Crippen molar-refractivity contribution in [1.29, 1.82) is 0 Å². The molecule has 1 heterocycles. The average Bonchev–Trinajstić information content (AvgIpc) is 2.96. The number of carbonyl (C=O) groups excluding carboxylic acids is 1. The van der Waals surface area contributed by atoms with Crippen molar-refractivity contribution in [1.82, 2.24) is 9.21 Å². The molecule has 122 valence electrons. The van der Waals surface area contributed by atoms with Crippen LogP contribution in [0.2, 0.25) is 0 Å². The van der Waals surface area contributed by atoms with Crippen LogP contribution in [-0.4, -0.2) is 56.5 Å². The fourth-order valence-corrected chi connectivity index (χ4v) is 3.88. The molecule has 6 nitrogen and oxygen atoms in total. The second-order valence-corrected chi connectivity index (χ2v) is 7.51. The highest BCUT2D eigenvalue weighted by Gasteiger charge is 2.37. The van der Waals surface area contributed by atoms with Gasteiger partial charge in [0.25, 0.3) is 0 Å². The number of methoxy groups -OCH3 is 1. The lowest BCUT2D eigenvalue weighted by Gasteiger charge is -2.26. The molecule has 1 aliphatic heterocycles. The Kier molecular flexibility index (Phi) is 5.08. The maximum Gasteiger partial charge on any atom is 0.241 e. The molecule has 1 fully saturated rings. The van der Waals surface area contributed by atoms with Gasteiger partial charge in [-0.1, -0.05) is 12.1 Å². The lowest BCUT2D eigenvalue weighted by atomic mass is 10.1. The number of sulfonamides is 1. The van der Waals surface area contributed by atoms with Gasteiger partial charge in [0.15, 0.2) is 0 Å². The predicted octanol–water partition coefficient (Wildman–Crippen LogP) is 1.08. The zero-order chi connectivity index (χ0) is 16.3. The number of nitrogens with zero attached hydrogens (tertiary/aromatic N) is 2. The molecule has 0 aromatic heterocycles. The Morgan fingerprint density at radius 1 is 1.45 bits per heavy atom. The summed E-state index contributed by atoms with van der Waals surface area (Å²) in [5, 5.41) is 0. The number of hydrogen-bond donors (Lipinski definition) is 0. The van der Waals surface area contributed by atoms with Crippen molar-refractivity contribution in [3.8, 4) is 5.75 Å². The van der Waals surface area contributed by atoms with Gasteiger partial charge in [0.05, 0.1) is 13.4 Å². The van der Waals surface area contributed by atoms with Gasteiger partial charge in [-0.25, -0.2) is 8.42 Å². The van der Waals surface area contributed by atoms with Crippen molar-refractivity contribution in [3.05, 3.63) is 29.8 Å². The van der Waals surface area contributed by atoms with Crippen LogP contribution in [0.15, 0.2) is 24.3 Å². The second kappa shape index (κ2) is 6.66. The van der Waals surface area contributed by atoms with Crippen LogP contribution < -0.4 is 4.74 Å². The van der Waals surface area contributed by atoms with Crippen molar-refractivity contribution in [2.75, 3.05) is 27.0 Å². The molecule has 1 aromatic carbocycles. The number of rotatable bonds is 5. The first-order valence-corrected chi connectivity index (χ1v) is 9.02. The molecular formula is C15H22N2O4S. The summed E-state index contributed by atoms with van der Waals surface area (Å²) in [4.78, 5) is 14.1. The molecule has 1 aromatic rings. The summed E-state index contributed by atoms with van der Waals surface area (Å²) in [6.07, 6.45) is 2.45. The topological polar surface area (TPSA) is 66.9 Å². The lowest BCUT2D eigenvalue weighted by molar-refractivity contribution is -0.133. The third-order valence-corrected chi connectivity index (χ3v) is 5.13. The first-order chi connectivity index (χ1) is 10.3. The number of benzene rings is 1. The van der Waals surface area contributed by atoms with E-state index in [0.29, 0.717) is 19.5 Å². The number of amides is 1. The summed E-state index contributed by atoms with van der Waals surface area (Å²) in [5.41, 5.74) is 0.944. The summed E-state index contributed by atoms with van der Waals surface area (Å²) in [7, 11) is -0.0592. The first kappa shape index (κ1) is 16.8. The normalized spacial score (nSPS) is 19.1. The Morgan fingerprint density at radius 3 is 2.82 bits per heavy atom. The molecule has 0 N–H and O–H groups in total. The van der Waals surface area contributed by atoms with Crippen LogP contribution in [-0.2, 0) is 21.4 Å². The smallest absolute Gasteiger partial charge is 0.241 e. The van der Waals surface area contributed by atoms with Crippen LogP contribution in [0.25, 0.3) is 0 Å². The Morgan fingerprint density at radius 2 is 2.18 bits per heavy atom. The summed E-state index contributed by atoms with van der Waals surface area (Å²) in [6, 6.07) is 6.91. The number of carbonyl (C=O) groups is 1. The highest BCUT2D eigenvalue weighted by atomic mass is 32.2. The summed E-state index contributed by atoms with van der Waals surface area (Å²) in [5.74, 6) is 0.572. The van der Waals surface area contributed by atoms with Crippen LogP contribution in [0.4, 0.5) is 0 Å². The molecule has 1 amide bonds. The maximum atomic E-state index is 12.5. The summed E-state index contributed by atoms with van der Waals surface area (Å²) in [6.45, 7) is 0.840. The van der Waals surface area contributed by atoms with E-state index < -0.39 is 16.1 Å². The van der Waals surface area contributed by atoms with E-state index in [-0.39, 0.29) is 5.91 Å². The third kappa shape index (κ3) is 3.78. The fraction of sp³-hybridized carbons (Fsp3) is 0.533. The first-order valence-electron chi connectivity index (χ1n) is 7.17.